The highest BCUT2D eigenvalue weighted by Gasteiger charge is 2.43. The van der Waals surface area contributed by atoms with E-state index in [-0.39, 0.29) is 5.97 Å². The predicted molar refractivity (Wildman–Crippen MR) is 144 cm³/mol. The summed E-state index contributed by atoms with van der Waals surface area (Å²) >= 11 is 1.48. The van der Waals surface area contributed by atoms with Crippen LogP contribution in [0.15, 0.2) is 71.5 Å². The molecule has 2 saturated heterocycles. The molecule has 5 aromatic rings. The van der Waals surface area contributed by atoms with E-state index >= 15 is 0 Å². The standard InChI is InChI=1S/C29H26N4O4S/c1-35-28(34)19-6-4-18(5-7-19)13-32-15-22-11-21(32)16-33(22)14-20-17-36-25-12-23(8-9-24(20)25)37-29-31-27-26(38-29)3-2-10-30-27/h2-10,12,17,21-22H,11,13-16H2,1H3. The molecule has 192 valence electrons. The maximum atomic E-state index is 11.7. The number of fused-ring (bicyclic) bond motifs is 4. The second-order valence-corrected chi connectivity index (χ2v) is 10.9. The van der Waals surface area contributed by atoms with Gasteiger partial charge in [-0.3, -0.25) is 9.80 Å². The molecule has 7 rings (SSSR count). The number of ether oxygens (including phenoxy) is 2. The number of benzene rings is 2. The highest BCUT2D eigenvalue weighted by atomic mass is 32.1. The number of aromatic nitrogens is 2. The molecule has 0 N–H and O–H groups in total. The fourth-order valence-corrected chi connectivity index (χ4v) is 6.47. The maximum absolute atomic E-state index is 11.7. The number of nitrogens with zero attached hydrogens (tertiary/aromatic N) is 4. The first-order chi connectivity index (χ1) is 18.6. The van der Waals surface area contributed by atoms with Gasteiger partial charge in [0.2, 0.25) is 0 Å². The highest BCUT2D eigenvalue weighted by Crippen LogP contribution is 2.36. The van der Waals surface area contributed by atoms with Gasteiger partial charge in [0.25, 0.3) is 5.19 Å². The Labute approximate surface area is 223 Å². The molecule has 0 saturated carbocycles. The molecular formula is C29H26N4O4S. The van der Waals surface area contributed by atoms with Crippen molar-refractivity contribution in [1.82, 2.24) is 19.8 Å². The minimum absolute atomic E-state index is 0.298. The molecule has 38 heavy (non-hydrogen) atoms. The molecule has 9 heteroatoms. The molecule has 5 heterocycles. The number of piperazine rings is 1. The van der Waals surface area contributed by atoms with Gasteiger partial charge in [-0.05, 0) is 48.4 Å². The summed E-state index contributed by atoms with van der Waals surface area (Å²) in [7, 11) is 1.41. The summed E-state index contributed by atoms with van der Waals surface area (Å²) in [5.74, 6) is 0.404. The number of thiazole rings is 1. The minimum atomic E-state index is -0.298. The van der Waals surface area contributed by atoms with Crippen LogP contribution in [0.4, 0.5) is 0 Å². The van der Waals surface area contributed by atoms with Gasteiger partial charge in [0, 0.05) is 61.5 Å². The molecule has 0 aliphatic carbocycles. The number of esters is 1. The van der Waals surface area contributed by atoms with Crippen LogP contribution in [0.25, 0.3) is 21.3 Å². The van der Waals surface area contributed by atoms with E-state index in [1.807, 2.05) is 54.8 Å². The third-order valence-corrected chi connectivity index (χ3v) is 8.47. The largest absolute Gasteiger partial charge is 0.465 e. The van der Waals surface area contributed by atoms with E-state index < -0.39 is 0 Å². The molecule has 2 unspecified atom stereocenters. The lowest BCUT2D eigenvalue weighted by atomic mass is 10.1. The van der Waals surface area contributed by atoms with Gasteiger partial charge in [-0.2, -0.15) is 4.98 Å². The summed E-state index contributed by atoms with van der Waals surface area (Å²) < 4.78 is 17.7. The molecule has 8 nitrogen and oxygen atoms in total. The van der Waals surface area contributed by atoms with Gasteiger partial charge < -0.3 is 13.9 Å². The SMILES string of the molecule is COC(=O)c1ccc(CN2CC3CC2CN3Cc2coc3cc(Oc4nc5ncccc5s4)ccc23)cc1. The second kappa shape index (κ2) is 9.50. The third-order valence-electron chi connectivity index (χ3n) is 7.58. The maximum Gasteiger partial charge on any atom is 0.337 e. The van der Waals surface area contributed by atoms with Crippen molar-refractivity contribution in [2.45, 2.75) is 31.6 Å². The van der Waals surface area contributed by atoms with Crippen molar-refractivity contribution in [1.29, 1.82) is 0 Å². The number of furan rings is 1. The van der Waals surface area contributed by atoms with E-state index in [1.54, 1.807) is 6.20 Å². The predicted octanol–water partition coefficient (Wildman–Crippen LogP) is 5.48. The minimum Gasteiger partial charge on any atom is -0.465 e. The van der Waals surface area contributed by atoms with Gasteiger partial charge >= 0.3 is 5.97 Å². The third kappa shape index (κ3) is 4.32. The van der Waals surface area contributed by atoms with Crippen molar-refractivity contribution >= 4 is 38.6 Å². The number of hydrogen-bond donors (Lipinski definition) is 0. The lowest BCUT2D eigenvalue weighted by Crippen LogP contribution is -2.45. The zero-order chi connectivity index (χ0) is 25.6. The van der Waals surface area contributed by atoms with Crippen molar-refractivity contribution in [2.75, 3.05) is 20.2 Å². The molecule has 0 radical (unpaired) electrons. The Hall–Kier alpha value is -3.79. The number of methoxy groups -OCH3 is 1. The number of hydrogen-bond acceptors (Lipinski definition) is 9. The van der Waals surface area contributed by atoms with Crippen LogP contribution in [0.5, 0.6) is 10.9 Å². The molecule has 2 aliphatic rings. The van der Waals surface area contributed by atoms with Gasteiger partial charge in [0.1, 0.15) is 11.3 Å². The highest BCUT2D eigenvalue weighted by molar-refractivity contribution is 7.20. The Morgan fingerprint density at radius 3 is 2.66 bits per heavy atom. The van der Waals surface area contributed by atoms with Crippen molar-refractivity contribution in [3.8, 4) is 10.9 Å². The molecule has 2 aromatic carbocycles. The van der Waals surface area contributed by atoms with E-state index in [1.165, 1.54) is 36.0 Å². The van der Waals surface area contributed by atoms with Gasteiger partial charge in [0.05, 0.1) is 23.6 Å². The Kier molecular flexibility index (Phi) is 5.84. The van der Waals surface area contributed by atoms with E-state index in [0.29, 0.717) is 34.2 Å². The molecule has 2 fully saturated rings. The van der Waals surface area contributed by atoms with E-state index in [9.17, 15) is 4.79 Å². The van der Waals surface area contributed by atoms with Crippen molar-refractivity contribution in [3.05, 3.63) is 83.7 Å². The summed E-state index contributed by atoms with van der Waals surface area (Å²) in [6.45, 7) is 3.87. The lowest BCUT2D eigenvalue weighted by molar-refractivity contribution is 0.0600. The van der Waals surface area contributed by atoms with Crippen molar-refractivity contribution < 1.29 is 18.7 Å². The number of carbonyl (C=O) groups excluding carboxylic acids is 1. The number of pyridine rings is 1. The van der Waals surface area contributed by atoms with Crippen LogP contribution in [-0.2, 0) is 17.8 Å². The van der Waals surface area contributed by atoms with Gasteiger partial charge in [-0.1, -0.05) is 23.5 Å². The summed E-state index contributed by atoms with van der Waals surface area (Å²) in [5.41, 5.74) is 4.53. The average molecular weight is 527 g/mol. The summed E-state index contributed by atoms with van der Waals surface area (Å²) in [6, 6.07) is 18.7. The summed E-state index contributed by atoms with van der Waals surface area (Å²) in [4.78, 5) is 25.6. The monoisotopic (exact) mass is 526 g/mol. The van der Waals surface area contributed by atoms with Crippen LogP contribution in [-0.4, -0.2) is 58.0 Å². The molecular weight excluding hydrogens is 500 g/mol. The fourth-order valence-electron chi connectivity index (χ4n) is 5.68. The quantitative estimate of drug-likeness (QED) is 0.258. The molecule has 0 spiro atoms. The molecule has 3 aromatic heterocycles. The van der Waals surface area contributed by atoms with Crippen LogP contribution in [0.3, 0.4) is 0 Å². The normalized spacial score (nSPS) is 19.5. The Morgan fingerprint density at radius 2 is 1.89 bits per heavy atom. The number of rotatable bonds is 7. The fraction of sp³-hybridized carbons (Fsp3) is 0.276. The van der Waals surface area contributed by atoms with Crippen LogP contribution >= 0.6 is 11.3 Å². The summed E-state index contributed by atoms with van der Waals surface area (Å²) in [6.07, 6.45) is 4.80. The zero-order valence-corrected chi connectivity index (χ0v) is 21.7. The van der Waals surface area contributed by atoms with Crippen LogP contribution in [0.1, 0.15) is 27.9 Å². The second-order valence-electron chi connectivity index (χ2n) is 9.92. The molecule has 2 bridgehead atoms. The molecule has 0 amide bonds. The van der Waals surface area contributed by atoms with Crippen LogP contribution < -0.4 is 4.74 Å². The topological polar surface area (TPSA) is 80.9 Å². The van der Waals surface area contributed by atoms with Crippen molar-refractivity contribution in [3.63, 3.8) is 0 Å². The first kappa shape index (κ1) is 23.3. The smallest absolute Gasteiger partial charge is 0.337 e. The number of carbonyl (C=O) groups is 1. The van der Waals surface area contributed by atoms with Gasteiger partial charge in [-0.25, -0.2) is 9.78 Å². The van der Waals surface area contributed by atoms with Crippen LogP contribution in [0.2, 0.25) is 0 Å². The Morgan fingerprint density at radius 1 is 1.08 bits per heavy atom. The van der Waals surface area contributed by atoms with Crippen molar-refractivity contribution in [2.24, 2.45) is 0 Å². The molecule has 2 atom stereocenters. The van der Waals surface area contributed by atoms with Crippen LogP contribution in [0, 0.1) is 0 Å². The molecule has 2 aliphatic heterocycles. The lowest BCUT2D eigenvalue weighted by Gasteiger charge is -2.34. The van der Waals surface area contributed by atoms with Gasteiger partial charge in [-0.15, -0.1) is 0 Å². The number of likely N-dealkylation sites (tertiary alicyclic amines) is 2. The zero-order valence-electron chi connectivity index (χ0n) is 20.9. The Balaban J connectivity index is 0.989. The summed E-state index contributed by atoms with van der Waals surface area (Å²) in [5, 5.41) is 1.69. The van der Waals surface area contributed by atoms with E-state index in [4.69, 9.17) is 13.9 Å². The first-order valence-corrected chi connectivity index (χ1v) is 13.5. The first-order valence-electron chi connectivity index (χ1n) is 12.7. The van der Waals surface area contributed by atoms with E-state index in [0.717, 1.165) is 41.8 Å². The average Bonchev–Trinajstić information content (AvgIpc) is 3.72. The van der Waals surface area contributed by atoms with E-state index in [2.05, 4.69) is 25.8 Å². The Bertz CT molecular complexity index is 1600. The van der Waals surface area contributed by atoms with Gasteiger partial charge in [0.15, 0.2) is 5.65 Å².